The van der Waals surface area contributed by atoms with Crippen molar-refractivity contribution in [2.45, 2.75) is 45.1 Å². The summed E-state index contributed by atoms with van der Waals surface area (Å²) in [5, 5.41) is 11.5. The van der Waals surface area contributed by atoms with Crippen LogP contribution in [0.5, 0.6) is 0 Å². The van der Waals surface area contributed by atoms with Crippen LogP contribution in [0.2, 0.25) is 5.02 Å². The molecular weight excluding hydrogens is 232 g/mol. The van der Waals surface area contributed by atoms with Crippen LogP contribution < -0.4 is 0 Å². The standard InChI is InChI=1S/C15H21ClO/c1-11(2)12-5-4-8-15(17,10-12)13-6-3-7-14(16)9-13/h3,6-7,9,11-12,17H,4-5,8,10H2,1-2H3. The first-order valence-corrected chi connectivity index (χ1v) is 6.87. The van der Waals surface area contributed by atoms with Gasteiger partial charge in [0, 0.05) is 5.02 Å². The molecule has 2 atom stereocenters. The second kappa shape index (κ2) is 4.99. The van der Waals surface area contributed by atoms with Crippen LogP contribution in [0.4, 0.5) is 0 Å². The van der Waals surface area contributed by atoms with Gasteiger partial charge in [0.25, 0.3) is 0 Å². The molecular formula is C15H21ClO. The Morgan fingerprint density at radius 3 is 2.82 bits per heavy atom. The molecule has 1 N–H and O–H groups in total. The predicted molar refractivity (Wildman–Crippen MR) is 72.1 cm³/mol. The summed E-state index contributed by atoms with van der Waals surface area (Å²) in [5.74, 6) is 1.26. The van der Waals surface area contributed by atoms with Crippen LogP contribution >= 0.6 is 11.6 Å². The largest absolute Gasteiger partial charge is 0.385 e. The van der Waals surface area contributed by atoms with E-state index in [1.807, 2.05) is 24.3 Å². The van der Waals surface area contributed by atoms with Gasteiger partial charge in [0.05, 0.1) is 5.60 Å². The van der Waals surface area contributed by atoms with Crippen LogP contribution in [-0.2, 0) is 5.60 Å². The van der Waals surface area contributed by atoms with Crippen molar-refractivity contribution in [1.82, 2.24) is 0 Å². The molecule has 2 heteroatoms. The number of benzene rings is 1. The number of aliphatic hydroxyl groups is 1. The molecule has 0 aliphatic heterocycles. The van der Waals surface area contributed by atoms with Crippen molar-refractivity contribution in [2.24, 2.45) is 11.8 Å². The zero-order valence-corrected chi connectivity index (χ0v) is 11.4. The van der Waals surface area contributed by atoms with Gasteiger partial charge in [-0.3, -0.25) is 0 Å². The molecule has 17 heavy (non-hydrogen) atoms. The van der Waals surface area contributed by atoms with Crippen molar-refractivity contribution < 1.29 is 5.11 Å². The minimum atomic E-state index is -0.669. The summed E-state index contributed by atoms with van der Waals surface area (Å²) in [6.07, 6.45) is 4.06. The predicted octanol–water partition coefficient (Wildman–Crippen LogP) is 4.37. The molecule has 94 valence electrons. The molecule has 2 rings (SSSR count). The molecule has 1 saturated carbocycles. The Labute approximate surface area is 109 Å². The number of rotatable bonds is 2. The lowest BCUT2D eigenvalue weighted by atomic mass is 9.71. The summed E-state index contributed by atoms with van der Waals surface area (Å²) in [4.78, 5) is 0. The van der Waals surface area contributed by atoms with E-state index >= 15 is 0 Å². The van der Waals surface area contributed by atoms with Gasteiger partial charge >= 0.3 is 0 Å². The van der Waals surface area contributed by atoms with Crippen LogP contribution in [-0.4, -0.2) is 5.11 Å². The lowest BCUT2D eigenvalue weighted by Gasteiger charge is -2.39. The topological polar surface area (TPSA) is 20.2 Å². The minimum absolute atomic E-state index is 0.618. The first kappa shape index (κ1) is 12.9. The van der Waals surface area contributed by atoms with Gasteiger partial charge in [-0.1, -0.05) is 37.6 Å². The molecule has 1 aromatic rings. The Hall–Kier alpha value is -0.530. The van der Waals surface area contributed by atoms with Gasteiger partial charge in [0.15, 0.2) is 0 Å². The van der Waals surface area contributed by atoms with Crippen LogP contribution in [0.15, 0.2) is 24.3 Å². The third-order valence-electron chi connectivity index (χ3n) is 4.07. The van der Waals surface area contributed by atoms with Crippen molar-refractivity contribution in [1.29, 1.82) is 0 Å². The molecule has 0 amide bonds. The third kappa shape index (κ3) is 2.83. The zero-order valence-electron chi connectivity index (χ0n) is 10.6. The molecule has 1 nitrogen and oxygen atoms in total. The van der Waals surface area contributed by atoms with Crippen LogP contribution in [0, 0.1) is 11.8 Å². The van der Waals surface area contributed by atoms with Crippen LogP contribution in [0.1, 0.15) is 45.1 Å². The molecule has 0 radical (unpaired) electrons. The molecule has 1 aliphatic carbocycles. The second-order valence-corrected chi connectivity index (χ2v) is 6.08. The zero-order chi connectivity index (χ0) is 12.5. The van der Waals surface area contributed by atoms with Crippen molar-refractivity contribution in [3.05, 3.63) is 34.9 Å². The monoisotopic (exact) mass is 252 g/mol. The molecule has 0 heterocycles. The highest BCUT2D eigenvalue weighted by molar-refractivity contribution is 6.30. The van der Waals surface area contributed by atoms with E-state index < -0.39 is 5.60 Å². The molecule has 0 bridgehead atoms. The van der Waals surface area contributed by atoms with Gasteiger partial charge in [-0.05, 0) is 55.2 Å². The maximum Gasteiger partial charge on any atom is 0.0899 e. The third-order valence-corrected chi connectivity index (χ3v) is 4.31. The summed E-state index contributed by atoms with van der Waals surface area (Å²) >= 11 is 6.01. The van der Waals surface area contributed by atoms with E-state index in [0.29, 0.717) is 16.9 Å². The van der Waals surface area contributed by atoms with Crippen LogP contribution in [0.3, 0.4) is 0 Å². The quantitative estimate of drug-likeness (QED) is 0.829. The average molecular weight is 253 g/mol. The second-order valence-electron chi connectivity index (χ2n) is 5.64. The Balaban J connectivity index is 2.23. The number of hydrogen-bond donors (Lipinski definition) is 1. The summed E-state index contributed by atoms with van der Waals surface area (Å²) in [6.45, 7) is 4.49. The Morgan fingerprint density at radius 2 is 2.18 bits per heavy atom. The SMILES string of the molecule is CC(C)C1CCCC(O)(c2cccc(Cl)c2)C1. The first-order chi connectivity index (χ1) is 8.01. The van der Waals surface area contributed by atoms with E-state index in [0.717, 1.165) is 24.8 Å². The molecule has 1 aliphatic rings. The fraction of sp³-hybridized carbons (Fsp3) is 0.600. The average Bonchev–Trinajstić information content (AvgIpc) is 2.29. The number of halogens is 1. The minimum Gasteiger partial charge on any atom is -0.385 e. The van der Waals surface area contributed by atoms with Gasteiger partial charge in [0.1, 0.15) is 0 Å². The molecule has 1 aromatic carbocycles. The highest BCUT2D eigenvalue weighted by atomic mass is 35.5. The molecule has 0 aromatic heterocycles. The summed E-state index contributed by atoms with van der Waals surface area (Å²) in [5.41, 5.74) is 0.313. The summed E-state index contributed by atoms with van der Waals surface area (Å²) < 4.78 is 0. The maximum absolute atomic E-state index is 10.8. The Kier molecular flexibility index (Phi) is 3.79. The summed E-state index contributed by atoms with van der Waals surface area (Å²) in [7, 11) is 0. The maximum atomic E-state index is 10.8. The van der Waals surface area contributed by atoms with Crippen molar-refractivity contribution in [3.63, 3.8) is 0 Å². The molecule has 2 unspecified atom stereocenters. The van der Waals surface area contributed by atoms with E-state index in [1.165, 1.54) is 6.42 Å². The van der Waals surface area contributed by atoms with Gasteiger partial charge < -0.3 is 5.11 Å². The molecule has 1 fully saturated rings. The van der Waals surface area contributed by atoms with Gasteiger partial charge in [0.2, 0.25) is 0 Å². The Morgan fingerprint density at radius 1 is 1.41 bits per heavy atom. The van der Waals surface area contributed by atoms with Gasteiger partial charge in [-0.25, -0.2) is 0 Å². The van der Waals surface area contributed by atoms with Crippen molar-refractivity contribution in [2.75, 3.05) is 0 Å². The highest BCUT2D eigenvalue weighted by Crippen LogP contribution is 2.42. The lowest BCUT2D eigenvalue weighted by Crippen LogP contribution is -2.34. The lowest BCUT2D eigenvalue weighted by molar-refractivity contribution is -0.0295. The van der Waals surface area contributed by atoms with E-state index in [-0.39, 0.29) is 0 Å². The van der Waals surface area contributed by atoms with E-state index in [9.17, 15) is 5.11 Å². The van der Waals surface area contributed by atoms with E-state index in [1.54, 1.807) is 0 Å². The van der Waals surface area contributed by atoms with Crippen molar-refractivity contribution in [3.8, 4) is 0 Å². The molecule has 0 spiro atoms. The molecule has 0 saturated heterocycles. The van der Waals surface area contributed by atoms with E-state index in [4.69, 9.17) is 11.6 Å². The van der Waals surface area contributed by atoms with Gasteiger partial charge in [-0.2, -0.15) is 0 Å². The smallest absolute Gasteiger partial charge is 0.0899 e. The summed E-state index contributed by atoms with van der Waals surface area (Å²) in [6, 6.07) is 7.69. The normalized spacial score (nSPS) is 29.6. The van der Waals surface area contributed by atoms with Crippen LogP contribution in [0.25, 0.3) is 0 Å². The first-order valence-electron chi connectivity index (χ1n) is 6.50. The highest BCUT2D eigenvalue weighted by Gasteiger charge is 2.36. The van der Waals surface area contributed by atoms with E-state index in [2.05, 4.69) is 13.8 Å². The fourth-order valence-electron chi connectivity index (χ4n) is 2.90. The van der Waals surface area contributed by atoms with Gasteiger partial charge in [-0.15, -0.1) is 0 Å². The van der Waals surface area contributed by atoms with Crippen molar-refractivity contribution >= 4 is 11.6 Å². The Bertz CT molecular complexity index is 388. The fourth-order valence-corrected chi connectivity index (χ4v) is 3.09. The number of hydrogen-bond acceptors (Lipinski definition) is 1.